The minimum Gasteiger partial charge on any atom is -0.487 e. The molecule has 160 valence electrons. The Hall–Kier alpha value is -2.03. The minimum absolute atomic E-state index is 0.188. The van der Waals surface area contributed by atoms with Gasteiger partial charge in [-0.05, 0) is 50.7 Å². The number of hydrogen-bond acceptors (Lipinski definition) is 3. The van der Waals surface area contributed by atoms with Gasteiger partial charge in [-0.25, -0.2) is 4.79 Å². The number of carbonyl (C=O) groups excluding carboxylic acids is 1. The molecule has 0 aliphatic carbocycles. The van der Waals surface area contributed by atoms with Gasteiger partial charge in [-0.2, -0.15) is 0 Å². The van der Waals surface area contributed by atoms with Gasteiger partial charge in [0.1, 0.15) is 11.4 Å². The smallest absolute Gasteiger partial charge is 0.338 e. The second-order valence-electron chi connectivity index (χ2n) is 8.07. The zero-order chi connectivity index (χ0) is 21.3. The van der Waals surface area contributed by atoms with Gasteiger partial charge >= 0.3 is 5.97 Å². The van der Waals surface area contributed by atoms with Crippen LogP contribution in [0.2, 0.25) is 0 Å². The van der Waals surface area contributed by atoms with Crippen LogP contribution in [0.3, 0.4) is 0 Å². The molecule has 1 atom stereocenters. The summed E-state index contributed by atoms with van der Waals surface area (Å²) in [6, 6.07) is 10.2. The summed E-state index contributed by atoms with van der Waals surface area (Å²) in [5.41, 5.74) is 2.28. The Morgan fingerprint density at radius 3 is 2.14 bits per heavy atom. The molecule has 29 heavy (non-hydrogen) atoms. The SMILES string of the molecule is C=C1C(c2ccccc2)C(C(=O)OCC)=C(C)OC1(CCCCC)CCCCC. The summed E-state index contributed by atoms with van der Waals surface area (Å²) in [5, 5.41) is 0. The minimum atomic E-state index is -0.412. The fourth-order valence-electron chi connectivity index (χ4n) is 4.41. The van der Waals surface area contributed by atoms with Gasteiger partial charge < -0.3 is 9.47 Å². The Labute approximate surface area is 177 Å². The number of ether oxygens (including phenoxy) is 2. The quantitative estimate of drug-likeness (QED) is 0.227. The van der Waals surface area contributed by atoms with Crippen LogP contribution in [-0.2, 0) is 14.3 Å². The molecule has 0 amide bonds. The van der Waals surface area contributed by atoms with Crippen molar-refractivity contribution in [2.75, 3.05) is 6.61 Å². The molecule has 1 aliphatic rings. The number of esters is 1. The van der Waals surface area contributed by atoms with Crippen LogP contribution in [0, 0.1) is 0 Å². The monoisotopic (exact) mass is 398 g/mol. The molecule has 1 heterocycles. The Morgan fingerprint density at radius 2 is 1.62 bits per heavy atom. The molecule has 0 saturated carbocycles. The van der Waals surface area contributed by atoms with Gasteiger partial charge in [-0.1, -0.05) is 76.4 Å². The fourth-order valence-corrected chi connectivity index (χ4v) is 4.41. The lowest BCUT2D eigenvalue weighted by molar-refractivity contribution is -0.139. The van der Waals surface area contributed by atoms with E-state index in [0.717, 1.165) is 36.8 Å². The van der Waals surface area contributed by atoms with Gasteiger partial charge in [0, 0.05) is 5.92 Å². The normalized spacial score (nSPS) is 18.5. The van der Waals surface area contributed by atoms with Crippen molar-refractivity contribution < 1.29 is 14.3 Å². The highest BCUT2D eigenvalue weighted by atomic mass is 16.5. The molecule has 1 unspecified atom stereocenters. The van der Waals surface area contributed by atoms with Crippen molar-refractivity contribution in [3.63, 3.8) is 0 Å². The standard InChI is InChI=1S/C26H38O3/c1-6-9-14-18-26(19-15-10-7-2)20(4)23(22-16-12-11-13-17-22)24(21(5)29-26)25(27)28-8-3/h11-13,16-17,23H,4,6-10,14-15,18-19H2,1-3,5H3. The van der Waals surface area contributed by atoms with E-state index < -0.39 is 5.60 Å². The van der Waals surface area contributed by atoms with Crippen LogP contribution < -0.4 is 0 Å². The molecule has 1 aromatic carbocycles. The van der Waals surface area contributed by atoms with Crippen molar-refractivity contribution in [2.24, 2.45) is 0 Å². The summed E-state index contributed by atoms with van der Waals surface area (Å²) in [7, 11) is 0. The third kappa shape index (κ3) is 5.52. The molecule has 3 heteroatoms. The number of benzene rings is 1. The molecule has 0 aromatic heterocycles. The zero-order valence-electron chi connectivity index (χ0n) is 18.8. The molecule has 1 aromatic rings. The molecule has 1 aliphatic heterocycles. The van der Waals surface area contributed by atoms with Gasteiger partial charge in [0.05, 0.1) is 12.2 Å². The van der Waals surface area contributed by atoms with Crippen LogP contribution in [0.15, 0.2) is 53.8 Å². The number of carbonyl (C=O) groups is 1. The molecular formula is C26H38O3. The van der Waals surface area contributed by atoms with Crippen molar-refractivity contribution in [3.05, 3.63) is 59.4 Å². The molecule has 0 fully saturated rings. The van der Waals surface area contributed by atoms with Crippen LogP contribution in [0.5, 0.6) is 0 Å². The third-order valence-electron chi connectivity index (χ3n) is 5.95. The first-order valence-corrected chi connectivity index (χ1v) is 11.3. The Morgan fingerprint density at radius 1 is 1.03 bits per heavy atom. The van der Waals surface area contributed by atoms with Gasteiger partial charge in [-0.3, -0.25) is 0 Å². The van der Waals surface area contributed by atoms with Gasteiger partial charge in [0.15, 0.2) is 0 Å². The van der Waals surface area contributed by atoms with Crippen molar-refractivity contribution in [2.45, 2.75) is 90.6 Å². The molecule has 0 spiro atoms. The van der Waals surface area contributed by atoms with Gasteiger partial charge in [0.25, 0.3) is 0 Å². The molecule has 0 radical (unpaired) electrons. The van der Waals surface area contributed by atoms with Crippen LogP contribution in [0.25, 0.3) is 0 Å². The van der Waals surface area contributed by atoms with E-state index in [-0.39, 0.29) is 11.9 Å². The number of rotatable bonds is 11. The number of hydrogen-bond donors (Lipinski definition) is 0. The van der Waals surface area contributed by atoms with E-state index in [4.69, 9.17) is 9.47 Å². The van der Waals surface area contributed by atoms with E-state index in [9.17, 15) is 4.79 Å². The maximum Gasteiger partial charge on any atom is 0.338 e. The predicted molar refractivity (Wildman–Crippen MR) is 120 cm³/mol. The highest BCUT2D eigenvalue weighted by Gasteiger charge is 2.46. The van der Waals surface area contributed by atoms with E-state index in [1.54, 1.807) is 0 Å². The summed E-state index contributed by atoms with van der Waals surface area (Å²) in [6.45, 7) is 13.1. The first kappa shape index (κ1) is 23.3. The van der Waals surface area contributed by atoms with E-state index in [1.165, 1.54) is 25.7 Å². The maximum absolute atomic E-state index is 12.9. The average molecular weight is 399 g/mol. The summed E-state index contributed by atoms with van der Waals surface area (Å²) in [4.78, 5) is 12.9. The predicted octanol–water partition coefficient (Wildman–Crippen LogP) is 7.09. The first-order valence-electron chi connectivity index (χ1n) is 11.3. The van der Waals surface area contributed by atoms with E-state index >= 15 is 0 Å². The van der Waals surface area contributed by atoms with Crippen LogP contribution in [0.4, 0.5) is 0 Å². The highest BCUT2D eigenvalue weighted by Crippen LogP contribution is 2.49. The molecule has 0 N–H and O–H groups in total. The van der Waals surface area contributed by atoms with E-state index in [0.29, 0.717) is 17.9 Å². The summed E-state index contributed by atoms with van der Waals surface area (Å²) in [5.74, 6) is 0.209. The third-order valence-corrected chi connectivity index (χ3v) is 5.95. The maximum atomic E-state index is 12.9. The second-order valence-corrected chi connectivity index (χ2v) is 8.07. The summed E-state index contributed by atoms with van der Waals surface area (Å²) < 4.78 is 12.0. The lowest BCUT2D eigenvalue weighted by Crippen LogP contribution is -2.42. The van der Waals surface area contributed by atoms with Crippen molar-refractivity contribution in [1.29, 1.82) is 0 Å². The molecule has 0 bridgehead atoms. The van der Waals surface area contributed by atoms with Crippen molar-refractivity contribution in [3.8, 4) is 0 Å². The Bertz CT molecular complexity index is 692. The number of unbranched alkanes of at least 4 members (excludes halogenated alkanes) is 4. The van der Waals surface area contributed by atoms with E-state index in [1.807, 2.05) is 32.0 Å². The highest BCUT2D eigenvalue weighted by molar-refractivity contribution is 5.92. The lowest BCUT2D eigenvalue weighted by Gasteiger charge is -2.45. The summed E-state index contributed by atoms with van der Waals surface area (Å²) in [6.07, 6.45) is 8.78. The Balaban J connectivity index is 2.51. The molecular weight excluding hydrogens is 360 g/mol. The van der Waals surface area contributed by atoms with Gasteiger partial charge in [0.2, 0.25) is 0 Å². The van der Waals surface area contributed by atoms with Crippen LogP contribution in [-0.4, -0.2) is 18.2 Å². The van der Waals surface area contributed by atoms with E-state index in [2.05, 4.69) is 32.6 Å². The van der Waals surface area contributed by atoms with Crippen LogP contribution in [0.1, 0.15) is 90.5 Å². The van der Waals surface area contributed by atoms with Crippen molar-refractivity contribution in [1.82, 2.24) is 0 Å². The molecule has 0 saturated heterocycles. The van der Waals surface area contributed by atoms with Crippen molar-refractivity contribution >= 4 is 5.97 Å². The van der Waals surface area contributed by atoms with Crippen LogP contribution >= 0.6 is 0 Å². The Kier molecular flexibility index (Phi) is 9.00. The number of allylic oxidation sites excluding steroid dienone is 1. The lowest BCUT2D eigenvalue weighted by atomic mass is 9.71. The molecule has 2 rings (SSSR count). The zero-order valence-corrected chi connectivity index (χ0v) is 18.8. The summed E-state index contributed by atoms with van der Waals surface area (Å²) >= 11 is 0. The average Bonchev–Trinajstić information content (AvgIpc) is 2.71. The topological polar surface area (TPSA) is 35.5 Å². The second kappa shape index (κ2) is 11.2. The first-order chi connectivity index (χ1) is 14.0. The largest absolute Gasteiger partial charge is 0.487 e. The fraction of sp³-hybridized carbons (Fsp3) is 0.577. The van der Waals surface area contributed by atoms with Gasteiger partial charge in [-0.15, -0.1) is 0 Å². The molecule has 3 nitrogen and oxygen atoms in total.